The predicted molar refractivity (Wildman–Crippen MR) is 71.1 cm³/mol. The van der Waals surface area contributed by atoms with Crippen molar-refractivity contribution in [2.75, 3.05) is 0 Å². The molecule has 0 N–H and O–H groups in total. The third-order valence-electron chi connectivity index (χ3n) is 3.40. The van der Waals surface area contributed by atoms with Crippen LogP contribution in [0.4, 0.5) is 0 Å². The Morgan fingerprint density at radius 2 is 2.28 bits per heavy atom. The summed E-state index contributed by atoms with van der Waals surface area (Å²) in [5, 5.41) is 0.544. The van der Waals surface area contributed by atoms with Crippen LogP contribution in [0.15, 0.2) is 24.5 Å². The van der Waals surface area contributed by atoms with Crippen LogP contribution in [0.3, 0.4) is 0 Å². The minimum absolute atomic E-state index is 0.478. The van der Waals surface area contributed by atoms with Crippen molar-refractivity contribution >= 4 is 17.9 Å². The van der Waals surface area contributed by atoms with Crippen molar-refractivity contribution in [1.82, 2.24) is 9.55 Å². The second-order valence-electron chi connectivity index (χ2n) is 4.62. The summed E-state index contributed by atoms with van der Waals surface area (Å²) in [4.78, 5) is 15.3. The van der Waals surface area contributed by atoms with Crippen LogP contribution in [0.25, 0.3) is 11.3 Å². The summed E-state index contributed by atoms with van der Waals surface area (Å²) in [6.45, 7) is 1.95. The van der Waals surface area contributed by atoms with Crippen molar-refractivity contribution in [1.29, 1.82) is 0 Å². The summed E-state index contributed by atoms with van der Waals surface area (Å²) >= 11 is 6.36. The second-order valence-corrected chi connectivity index (χ2v) is 5.00. The normalized spacial score (nSPS) is 14.8. The Kier molecular flexibility index (Phi) is 2.71. The van der Waals surface area contributed by atoms with Crippen molar-refractivity contribution in [2.24, 2.45) is 0 Å². The lowest BCUT2D eigenvalue weighted by atomic mass is 10.2. The number of carbonyl (C=O) groups is 1. The lowest BCUT2D eigenvalue weighted by Gasteiger charge is -2.10. The SMILES string of the molecule is Cc1c(C=O)c(Cl)c(-c2cccnc2)n1C1CC1. The van der Waals surface area contributed by atoms with Crippen LogP contribution in [0, 0.1) is 6.92 Å². The third kappa shape index (κ3) is 1.66. The topological polar surface area (TPSA) is 34.9 Å². The molecule has 4 heteroatoms. The van der Waals surface area contributed by atoms with Crippen molar-refractivity contribution in [2.45, 2.75) is 25.8 Å². The van der Waals surface area contributed by atoms with Gasteiger partial charge in [0, 0.05) is 29.7 Å². The van der Waals surface area contributed by atoms with Gasteiger partial charge in [-0.25, -0.2) is 0 Å². The Hall–Kier alpha value is -1.61. The summed E-state index contributed by atoms with van der Waals surface area (Å²) < 4.78 is 2.18. The van der Waals surface area contributed by atoms with Crippen molar-refractivity contribution in [3.63, 3.8) is 0 Å². The van der Waals surface area contributed by atoms with Crippen molar-refractivity contribution < 1.29 is 4.79 Å². The predicted octanol–water partition coefficient (Wildman–Crippen LogP) is 3.66. The van der Waals surface area contributed by atoms with Gasteiger partial charge in [0.25, 0.3) is 0 Å². The number of aromatic nitrogens is 2. The molecule has 0 atom stereocenters. The Balaban J connectivity index is 2.27. The van der Waals surface area contributed by atoms with Crippen molar-refractivity contribution in [3.8, 4) is 11.3 Å². The Morgan fingerprint density at radius 1 is 1.50 bits per heavy atom. The lowest BCUT2D eigenvalue weighted by molar-refractivity contribution is 0.112. The maximum absolute atomic E-state index is 11.2. The van der Waals surface area contributed by atoms with Gasteiger partial charge < -0.3 is 4.57 Å². The van der Waals surface area contributed by atoms with Gasteiger partial charge in [-0.05, 0) is 31.9 Å². The Labute approximate surface area is 110 Å². The number of carbonyl (C=O) groups excluding carboxylic acids is 1. The van der Waals surface area contributed by atoms with Gasteiger partial charge in [0.2, 0.25) is 0 Å². The first-order valence-electron chi connectivity index (χ1n) is 6.00. The van der Waals surface area contributed by atoms with E-state index in [-0.39, 0.29) is 0 Å². The number of halogens is 1. The maximum Gasteiger partial charge on any atom is 0.153 e. The molecule has 0 unspecified atom stereocenters. The first-order valence-corrected chi connectivity index (χ1v) is 6.37. The first-order chi connectivity index (χ1) is 8.74. The molecule has 1 fully saturated rings. The van der Waals surface area contributed by atoms with E-state index >= 15 is 0 Å². The van der Waals surface area contributed by atoms with Crippen molar-refractivity contribution in [3.05, 3.63) is 40.8 Å². The summed E-state index contributed by atoms with van der Waals surface area (Å²) in [5.41, 5.74) is 3.44. The van der Waals surface area contributed by atoms with E-state index in [1.807, 2.05) is 19.1 Å². The van der Waals surface area contributed by atoms with E-state index in [0.29, 0.717) is 16.6 Å². The fraction of sp³-hybridized carbons (Fsp3) is 0.286. The minimum Gasteiger partial charge on any atom is -0.340 e. The zero-order chi connectivity index (χ0) is 12.7. The maximum atomic E-state index is 11.2. The van der Waals surface area contributed by atoms with Crippen LogP contribution in [0.1, 0.15) is 34.9 Å². The molecule has 1 saturated carbocycles. The molecule has 2 aromatic heterocycles. The molecule has 0 radical (unpaired) electrons. The molecule has 3 nitrogen and oxygen atoms in total. The number of pyridine rings is 1. The van der Waals surface area contributed by atoms with Gasteiger partial charge in [-0.15, -0.1) is 0 Å². The van der Waals surface area contributed by atoms with E-state index < -0.39 is 0 Å². The highest BCUT2D eigenvalue weighted by Gasteiger charge is 2.31. The Bertz CT molecular complexity index is 600. The van der Waals surface area contributed by atoms with Crippen LogP contribution in [-0.4, -0.2) is 15.8 Å². The quantitative estimate of drug-likeness (QED) is 0.790. The molecule has 92 valence electrons. The zero-order valence-electron chi connectivity index (χ0n) is 10.1. The fourth-order valence-electron chi connectivity index (χ4n) is 2.38. The number of hydrogen-bond donors (Lipinski definition) is 0. The molecule has 0 spiro atoms. The fourth-order valence-corrected chi connectivity index (χ4v) is 2.77. The highest BCUT2D eigenvalue weighted by molar-refractivity contribution is 6.35. The van der Waals surface area contributed by atoms with Crippen LogP contribution in [0.2, 0.25) is 5.02 Å². The smallest absolute Gasteiger partial charge is 0.153 e. The summed E-state index contributed by atoms with van der Waals surface area (Å²) in [6.07, 6.45) is 6.66. The molecular weight excluding hydrogens is 248 g/mol. The molecule has 2 heterocycles. The number of nitrogens with zero attached hydrogens (tertiary/aromatic N) is 2. The van der Waals surface area contributed by atoms with E-state index in [9.17, 15) is 4.79 Å². The largest absolute Gasteiger partial charge is 0.340 e. The lowest BCUT2D eigenvalue weighted by Crippen LogP contribution is -2.00. The van der Waals surface area contributed by atoms with Gasteiger partial charge in [0.15, 0.2) is 6.29 Å². The van der Waals surface area contributed by atoms with Crippen LogP contribution in [0.5, 0.6) is 0 Å². The summed E-state index contributed by atoms with van der Waals surface area (Å²) in [6, 6.07) is 4.33. The molecule has 18 heavy (non-hydrogen) atoms. The molecule has 3 rings (SSSR count). The van der Waals surface area contributed by atoms with Gasteiger partial charge in [0.05, 0.1) is 16.3 Å². The summed E-state index contributed by atoms with van der Waals surface area (Å²) in [5.74, 6) is 0. The molecule has 2 aromatic rings. The molecule has 0 saturated heterocycles. The van der Waals surface area contributed by atoms with Crippen LogP contribution >= 0.6 is 11.6 Å². The average Bonchev–Trinajstić information content (AvgIpc) is 3.18. The van der Waals surface area contributed by atoms with Crippen LogP contribution in [-0.2, 0) is 0 Å². The molecule has 1 aliphatic carbocycles. The standard InChI is InChI=1S/C14H13ClN2O/c1-9-12(8-18)13(15)14(17(9)11-4-5-11)10-3-2-6-16-7-10/h2-3,6-8,11H,4-5H2,1H3. The van der Waals surface area contributed by atoms with Crippen LogP contribution < -0.4 is 0 Å². The molecule has 0 bridgehead atoms. The zero-order valence-corrected chi connectivity index (χ0v) is 10.8. The molecule has 0 amide bonds. The van der Waals surface area contributed by atoms with E-state index in [0.717, 1.165) is 36.1 Å². The Morgan fingerprint density at radius 3 is 2.83 bits per heavy atom. The van der Waals surface area contributed by atoms with Gasteiger partial charge in [-0.1, -0.05) is 11.6 Å². The highest BCUT2D eigenvalue weighted by Crippen LogP contribution is 2.44. The monoisotopic (exact) mass is 260 g/mol. The first kappa shape index (κ1) is 11.5. The number of rotatable bonds is 3. The van der Waals surface area contributed by atoms with Gasteiger partial charge in [-0.2, -0.15) is 0 Å². The van der Waals surface area contributed by atoms with E-state index in [4.69, 9.17) is 11.6 Å². The van der Waals surface area contributed by atoms with E-state index in [1.54, 1.807) is 12.4 Å². The highest BCUT2D eigenvalue weighted by atomic mass is 35.5. The molecule has 0 aromatic carbocycles. The van der Waals surface area contributed by atoms with Gasteiger partial charge >= 0.3 is 0 Å². The molecule has 1 aliphatic rings. The number of hydrogen-bond acceptors (Lipinski definition) is 2. The number of aldehydes is 1. The second kappa shape index (κ2) is 4.25. The molecular formula is C14H13ClN2O. The minimum atomic E-state index is 0.478. The van der Waals surface area contributed by atoms with Gasteiger partial charge in [0.1, 0.15) is 0 Å². The summed E-state index contributed by atoms with van der Waals surface area (Å²) in [7, 11) is 0. The molecule has 0 aliphatic heterocycles. The van der Waals surface area contributed by atoms with E-state index in [2.05, 4.69) is 9.55 Å². The average molecular weight is 261 g/mol. The third-order valence-corrected chi connectivity index (χ3v) is 3.78. The van der Waals surface area contributed by atoms with E-state index in [1.165, 1.54) is 0 Å². The van der Waals surface area contributed by atoms with Gasteiger partial charge in [-0.3, -0.25) is 9.78 Å².